The Morgan fingerprint density at radius 1 is 1.10 bits per heavy atom. The topological polar surface area (TPSA) is 143 Å². The lowest BCUT2D eigenvalue weighted by Gasteiger charge is -2.31. The smallest absolute Gasteiger partial charge is 0.410 e. The average Bonchev–Trinajstić information content (AvgIpc) is 3.90. The minimum atomic E-state index is -1.18. The number of rotatable bonds is 11. The van der Waals surface area contributed by atoms with Crippen LogP contribution in [0.1, 0.15) is 52.1 Å². The zero-order valence-corrected chi connectivity index (χ0v) is 30.7. The van der Waals surface area contributed by atoms with E-state index < -0.39 is 41.6 Å². The van der Waals surface area contributed by atoms with Crippen molar-refractivity contribution in [2.45, 2.75) is 64.3 Å². The summed E-state index contributed by atoms with van der Waals surface area (Å²) in [6.45, 7) is 7.11. The molecule has 2 aromatic carbocycles. The van der Waals surface area contributed by atoms with E-state index in [9.17, 15) is 19.2 Å². The number of nitrogens with one attached hydrogen (secondary N) is 2. The highest BCUT2D eigenvalue weighted by Gasteiger charge is 2.40. The highest BCUT2D eigenvalue weighted by molar-refractivity contribution is 7.23. The third kappa shape index (κ3) is 9.11. The molecule has 2 aromatic heterocycles. The summed E-state index contributed by atoms with van der Waals surface area (Å²) in [5.41, 5.74) is 1.13. The Hall–Kier alpha value is -5.26. The van der Waals surface area contributed by atoms with E-state index in [1.807, 2.05) is 35.7 Å². The van der Waals surface area contributed by atoms with Crippen LogP contribution in [0.2, 0.25) is 0 Å². The van der Waals surface area contributed by atoms with Crippen LogP contribution in [0.4, 0.5) is 9.80 Å². The molecule has 14 heteroatoms. The highest BCUT2D eigenvalue weighted by atomic mass is 32.1. The number of carbonyl (C=O) groups is 4. The van der Waals surface area contributed by atoms with Crippen molar-refractivity contribution in [1.82, 2.24) is 25.1 Å². The Morgan fingerprint density at radius 3 is 2.47 bits per heavy atom. The van der Waals surface area contributed by atoms with E-state index in [1.165, 1.54) is 39.5 Å². The van der Waals surface area contributed by atoms with Gasteiger partial charge in [0, 0.05) is 30.7 Å². The molecule has 4 aromatic rings. The van der Waals surface area contributed by atoms with Gasteiger partial charge in [0.1, 0.15) is 46.8 Å². The number of ether oxygens (including phenoxy) is 2. The number of hydrogen-bond acceptors (Lipinski definition) is 10. The lowest BCUT2D eigenvalue weighted by Crippen LogP contribution is -2.52. The molecular weight excluding hydrogens is 689 g/mol. The minimum Gasteiger partial charge on any atom is -0.481 e. The van der Waals surface area contributed by atoms with Gasteiger partial charge < -0.3 is 25.0 Å². The number of carbonyl (C=O) groups excluding carboxylic acids is 4. The Morgan fingerprint density at radius 2 is 1.82 bits per heavy atom. The molecule has 1 saturated heterocycles. The molecule has 0 saturated carbocycles. The molecule has 12 nitrogen and oxygen atoms in total. The molecule has 0 spiro atoms. The lowest BCUT2D eigenvalue weighted by molar-refractivity contribution is -0.141. The largest absolute Gasteiger partial charge is 0.481 e. The normalized spacial score (nSPS) is 15.3. The van der Waals surface area contributed by atoms with Gasteiger partial charge in [0.2, 0.25) is 17.7 Å². The predicted octanol–water partition coefficient (Wildman–Crippen LogP) is 5.99. The van der Waals surface area contributed by atoms with Gasteiger partial charge in [-0.3, -0.25) is 19.3 Å². The van der Waals surface area contributed by atoms with Gasteiger partial charge in [0.05, 0.1) is 0 Å². The average molecular weight is 729 g/mol. The first-order valence-electron chi connectivity index (χ1n) is 16.4. The van der Waals surface area contributed by atoms with Gasteiger partial charge in [0.15, 0.2) is 10.0 Å². The maximum absolute atomic E-state index is 14.4. The van der Waals surface area contributed by atoms with Crippen LogP contribution in [0.15, 0.2) is 66.2 Å². The van der Waals surface area contributed by atoms with Crippen molar-refractivity contribution in [2.75, 3.05) is 25.5 Å². The summed E-state index contributed by atoms with van der Waals surface area (Å²) in [5, 5.41) is 9.69. The van der Waals surface area contributed by atoms with E-state index in [2.05, 4.69) is 21.5 Å². The lowest BCUT2D eigenvalue weighted by atomic mass is 10.0. The van der Waals surface area contributed by atoms with Crippen molar-refractivity contribution >= 4 is 51.5 Å². The molecule has 1 aliphatic heterocycles. The predicted molar refractivity (Wildman–Crippen MR) is 197 cm³/mol. The number of terminal acetylenes is 1. The Labute approximate surface area is 305 Å². The number of hydrogen-bond donors (Lipinski definition) is 2. The Kier molecular flexibility index (Phi) is 11.7. The SMILES string of the molecule is C#CCOc1ccc([C@H](NC(=O)[C@H](C)N(C)C(=O)OC(C)(C)C)C(=O)N2CCC[C@H]2C(=O)Nc2sc(-c3nccs3)nc2-c2ccccc2)cc1. The van der Waals surface area contributed by atoms with Gasteiger partial charge in [-0.05, 0) is 58.2 Å². The van der Waals surface area contributed by atoms with Gasteiger partial charge in [-0.1, -0.05) is 59.7 Å². The van der Waals surface area contributed by atoms with Gasteiger partial charge in [-0.25, -0.2) is 14.8 Å². The van der Waals surface area contributed by atoms with Crippen LogP contribution in [-0.2, 0) is 19.1 Å². The summed E-state index contributed by atoms with van der Waals surface area (Å²) in [4.78, 5) is 66.7. The van der Waals surface area contributed by atoms with E-state index in [-0.39, 0.29) is 12.5 Å². The van der Waals surface area contributed by atoms with Crippen LogP contribution >= 0.6 is 22.7 Å². The zero-order valence-electron chi connectivity index (χ0n) is 29.0. The minimum absolute atomic E-state index is 0.0641. The van der Waals surface area contributed by atoms with Crippen molar-refractivity contribution in [1.29, 1.82) is 0 Å². The summed E-state index contributed by atoms with van der Waals surface area (Å²) in [6.07, 6.45) is 7.35. The molecule has 1 aliphatic rings. The fourth-order valence-electron chi connectivity index (χ4n) is 5.38. The molecule has 4 amide bonds. The first-order valence-corrected chi connectivity index (χ1v) is 18.1. The number of anilines is 1. The summed E-state index contributed by atoms with van der Waals surface area (Å²) < 4.78 is 10.9. The van der Waals surface area contributed by atoms with Gasteiger partial charge in [-0.15, -0.1) is 17.8 Å². The molecule has 0 unspecified atom stereocenters. The van der Waals surface area contributed by atoms with Crippen LogP contribution in [-0.4, -0.2) is 81.5 Å². The maximum atomic E-state index is 14.4. The summed E-state index contributed by atoms with van der Waals surface area (Å²) in [7, 11) is 1.46. The molecule has 0 radical (unpaired) electrons. The first-order chi connectivity index (χ1) is 24.4. The molecule has 2 N–H and O–H groups in total. The number of likely N-dealkylation sites (tertiary alicyclic amines) is 1. The third-order valence-electron chi connectivity index (χ3n) is 8.08. The molecule has 3 heterocycles. The standard InChI is InChI=1S/C37H40N6O6S2/c1-7-21-48-26-17-15-25(16-18-26)29(39-30(44)23(2)42(6)36(47)49-37(3,4)5)35(46)43-20-11-14-27(43)31(45)41-32-28(24-12-9-8-10-13-24)40-34(51-32)33-38-19-22-50-33/h1,8-10,12-13,15-19,22-23,27,29H,11,14,20-21H2,2-6H3,(H,39,44)(H,41,45)/t23-,27-,29-/m0/s1. The summed E-state index contributed by atoms with van der Waals surface area (Å²) >= 11 is 2.77. The monoisotopic (exact) mass is 728 g/mol. The van der Waals surface area contributed by atoms with Gasteiger partial charge in [-0.2, -0.15) is 0 Å². The van der Waals surface area contributed by atoms with E-state index in [1.54, 1.807) is 58.2 Å². The molecule has 0 bridgehead atoms. The maximum Gasteiger partial charge on any atom is 0.410 e. The number of thiazole rings is 2. The van der Waals surface area contributed by atoms with Crippen LogP contribution in [0.5, 0.6) is 5.75 Å². The van der Waals surface area contributed by atoms with Crippen LogP contribution in [0.25, 0.3) is 21.3 Å². The quantitative estimate of drug-likeness (QED) is 0.180. The second-order valence-corrected chi connectivity index (χ2v) is 14.7. The van der Waals surface area contributed by atoms with E-state index in [0.29, 0.717) is 46.4 Å². The first kappa shape index (κ1) is 37.0. The van der Waals surface area contributed by atoms with E-state index in [0.717, 1.165) is 10.6 Å². The fraction of sp³-hybridized carbons (Fsp3) is 0.351. The van der Waals surface area contributed by atoms with Crippen molar-refractivity contribution in [3.8, 4) is 39.4 Å². The van der Waals surface area contributed by atoms with Crippen LogP contribution in [0, 0.1) is 12.3 Å². The molecular formula is C37H40N6O6S2. The number of nitrogens with zero attached hydrogens (tertiary/aromatic N) is 4. The van der Waals surface area contributed by atoms with Gasteiger partial charge >= 0.3 is 6.09 Å². The van der Waals surface area contributed by atoms with E-state index in [4.69, 9.17) is 20.9 Å². The van der Waals surface area contributed by atoms with Crippen LogP contribution < -0.4 is 15.4 Å². The second-order valence-electron chi connectivity index (χ2n) is 12.8. The van der Waals surface area contributed by atoms with Crippen molar-refractivity contribution in [3.63, 3.8) is 0 Å². The number of likely N-dealkylation sites (N-methyl/N-ethyl adjacent to an activating group) is 1. The molecule has 0 aliphatic carbocycles. The molecule has 3 atom stereocenters. The molecule has 51 heavy (non-hydrogen) atoms. The summed E-state index contributed by atoms with van der Waals surface area (Å²) in [5.74, 6) is 1.48. The zero-order chi connectivity index (χ0) is 36.7. The highest BCUT2D eigenvalue weighted by Crippen LogP contribution is 2.39. The van der Waals surface area contributed by atoms with Crippen molar-refractivity contribution in [2.24, 2.45) is 0 Å². The Bertz CT molecular complexity index is 1880. The van der Waals surface area contributed by atoms with Crippen molar-refractivity contribution in [3.05, 3.63) is 71.7 Å². The summed E-state index contributed by atoms with van der Waals surface area (Å²) in [6, 6.07) is 13.2. The third-order valence-corrected chi connectivity index (χ3v) is 9.96. The fourth-order valence-corrected chi connectivity index (χ4v) is 7.05. The van der Waals surface area contributed by atoms with E-state index >= 15 is 0 Å². The van der Waals surface area contributed by atoms with Crippen molar-refractivity contribution < 1.29 is 28.7 Å². The van der Waals surface area contributed by atoms with Crippen LogP contribution in [0.3, 0.4) is 0 Å². The molecule has 5 rings (SSSR count). The number of aromatic nitrogens is 2. The Balaban J connectivity index is 1.40. The van der Waals surface area contributed by atoms with Gasteiger partial charge in [0.25, 0.3) is 0 Å². The number of amides is 4. The molecule has 1 fully saturated rings. The second kappa shape index (κ2) is 16.2. The molecule has 266 valence electrons. The number of benzene rings is 2.